The number of amides is 2. The molecule has 0 heterocycles. The van der Waals surface area contributed by atoms with Crippen LogP contribution in [-0.2, 0) is 9.59 Å². The maximum absolute atomic E-state index is 11.7. The maximum atomic E-state index is 11.7. The van der Waals surface area contributed by atoms with Gasteiger partial charge in [0, 0.05) is 22.3 Å². The number of unbranched alkanes of at least 4 members (excludes halogenated alkanes) is 5. The zero-order chi connectivity index (χ0) is 16.4. The highest BCUT2D eigenvalue weighted by Gasteiger charge is 2.13. The van der Waals surface area contributed by atoms with Crippen molar-refractivity contribution < 1.29 is 9.59 Å². The summed E-state index contributed by atoms with van der Waals surface area (Å²) in [4.78, 5) is 23.4. The van der Waals surface area contributed by atoms with E-state index in [0.29, 0.717) is 22.3 Å². The van der Waals surface area contributed by atoms with Gasteiger partial charge < -0.3 is 10.6 Å². The van der Waals surface area contributed by atoms with E-state index in [4.69, 9.17) is 23.2 Å². The fraction of sp³-hybridized carbons (Fsp3) is 0.500. The van der Waals surface area contributed by atoms with Crippen molar-refractivity contribution in [1.82, 2.24) is 5.32 Å². The van der Waals surface area contributed by atoms with E-state index in [0.717, 1.165) is 19.3 Å². The van der Waals surface area contributed by atoms with Gasteiger partial charge in [-0.1, -0.05) is 62.2 Å². The third-order valence-corrected chi connectivity index (χ3v) is 3.58. The Morgan fingerprint density at radius 1 is 0.909 bits per heavy atom. The SMILES string of the molecule is CCCCCCCCNC(=O)C(=O)Nc1cc(Cl)cc(Cl)c1. The number of rotatable bonds is 8. The average Bonchev–Trinajstić information content (AvgIpc) is 2.45. The molecule has 6 heteroatoms. The molecule has 0 atom stereocenters. The van der Waals surface area contributed by atoms with E-state index in [2.05, 4.69) is 17.6 Å². The molecule has 2 N–H and O–H groups in total. The Morgan fingerprint density at radius 3 is 2.14 bits per heavy atom. The van der Waals surface area contributed by atoms with Crippen molar-refractivity contribution in [2.45, 2.75) is 45.4 Å². The van der Waals surface area contributed by atoms with Gasteiger partial charge in [0.1, 0.15) is 0 Å². The van der Waals surface area contributed by atoms with E-state index in [1.165, 1.54) is 31.4 Å². The molecule has 0 aliphatic heterocycles. The largest absolute Gasteiger partial charge is 0.348 e. The van der Waals surface area contributed by atoms with Crippen LogP contribution >= 0.6 is 23.2 Å². The number of carbonyl (C=O) groups excluding carboxylic acids is 2. The molecule has 0 spiro atoms. The molecule has 1 rings (SSSR count). The molecule has 0 fully saturated rings. The van der Waals surface area contributed by atoms with Gasteiger partial charge in [-0.3, -0.25) is 9.59 Å². The van der Waals surface area contributed by atoms with Crippen molar-refractivity contribution in [1.29, 1.82) is 0 Å². The third-order valence-electron chi connectivity index (χ3n) is 3.14. The molecule has 0 aromatic heterocycles. The molecule has 0 aliphatic rings. The first kappa shape index (κ1) is 18.8. The minimum atomic E-state index is -0.718. The second-order valence-corrected chi connectivity index (χ2v) is 6.01. The number of benzene rings is 1. The Balaban J connectivity index is 2.26. The highest BCUT2D eigenvalue weighted by atomic mass is 35.5. The molecule has 0 saturated heterocycles. The first-order chi connectivity index (χ1) is 10.5. The van der Waals surface area contributed by atoms with Gasteiger partial charge in [0.15, 0.2) is 0 Å². The number of nitrogens with one attached hydrogen (secondary N) is 2. The molecule has 0 aliphatic carbocycles. The Bertz CT molecular complexity index is 487. The molecular weight excluding hydrogens is 323 g/mol. The van der Waals surface area contributed by atoms with Gasteiger partial charge in [-0.05, 0) is 24.6 Å². The van der Waals surface area contributed by atoms with Crippen LogP contribution in [0, 0.1) is 0 Å². The summed E-state index contributed by atoms with van der Waals surface area (Å²) in [5.41, 5.74) is 0.400. The molecule has 2 amide bonds. The fourth-order valence-corrected chi connectivity index (χ4v) is 2.53. The highest BCUT2D eigenvalue weighted by molar-refractivity contribution is 6.40. The van der Waals surface area contributed by atoms with Gasteiger partial charge in [-0.2, -0.15) is 0 Å². The normalized spacial score (nSPS) is 10.3. The zero-order valence-electron chi connectivity index (χ0n) is 12.8. The Labute approximate surface area is 141 Å². The van der Waals surface area contributed by atoms with Crippen molar-refractivity contribution in [3.63, 3.8) is 0 Å². The predicted octanol–water partition coefficient (Wildman–Crippen LogP) is 4.41. The van der Waals surface area contributed by atoms with E-state index in [1.54, 1.807) is 6.07 Å². The summed E-state index contributed by atoms with van der Waals surface area (Å²) in [5.74, 6) is -1.37. The molecule has 0 saturated carbocycles. The lowest BCUT2D eigenvalue weighted by molar-refractivity contribution is -0.136. The van der Waals surface area contributed by atoms with Crippen LogP contribution in [0.4, 0.5) is 5.69 Å². The van der Waals surface area contributed by atoms with Gasteiger partial charge in [0.2, 0.25) is 0 Å². The fourth-order valence-electron chi connectivity index (χ4n) is 2.00. The number of carbonyl (C=O) groups is 2. The topological polar surface area (TPSA) is 58.2 Å². The second kappa shape index (κ2) is 10.5. The van der Waals surface area contributed by atoms with Crippen LogP contribution in [0.25, 0.3) is 0 Å². The maximum Gasteiger partial charge on any atom is 0.313 e. The quantitative estimate of drug-likeness (QED) is 0.542. The van der Waals surface area contributed by atoms with Crippen molar-refractivity contribution in [2.24, 2.45) is 0 Å². The van der Waals surface area contributed by atoms with Gasteiger partial charge in [0.05, 0.1) is 0 Å². The summed E-state index contributed by atoms with van der Waals surface area (Å²) in [5, 5.41) is 5.87. The summed E-state index contributed by atoms with van der Waals surface area (Å²) in [6.07, 6.45) is 6.79. The molecule has 22 heavy (non-hydrogen) atoms. The highest BCUT2D eigenvalue weighted by Crippen LogP contribution is 2.22. The standard InChI is InChI=1S/C16H22Cl2N2O2/c1-2-3-4-5-6-7-8-19-15(21)16(22)20-14-10-12(17)9-13(18)11-14/h9-11H,2-8H2,1H3,(H,19,21)(H,20,22). The minimum absolute atomic E-state index is 0.398. The lowest BCUT2D eigenvalue weighted by Crippen LogP contribution is -2.35. The van der Waals surface area contributed by atoms with Crippen molar-refractivity contribution >= 4 is 40.7 Å². The van der Waals surface area contributed by atoms with Crippen molar-refractivity contribution in [3.8, 4) is 0 Å². The average molecular weight is 345 g/mol. The van der Waals surface area contributed by atoms with Crippen LogP contribution in [0.15, 0.2) is 18.2 Å². The summed E-state index contributed by atoms with van der Waals surface area (Å²) in [6, 6.07) is 4.62. The van der Waals surface area contributed by atoms with E-state index in [9.17, 15) is 9.59 Å². The Hall–Kier alpha value is -1.26. The van der Waals surface area contributed by atoms with Crippen LogP contribution in [0.3, 0.4) is 0 Å². The molecule has 0 bridgehead atoms. The smallest absolute Gasteiger partial charge is 0.313 e. The molecule has 1 aromatic rings. The van der Waals surface area contributed by atoms with Crippen LogP contribution in [0.5, 0.6) is 0 Å². The Morgan fingerprint density at radius 2 is 1.50 bits per heavy atom. The number of hydrogen-bond donors (Lipinski definition) is 2. The van der Waals surface area contributed by atoms with Crippen LogP contribution in [0.2, 0.25) is 10.0 Å². The van der Waals surface area contributed by atoms with E-state index >= 15 is 0 Å². The van der Waals surface area contributed by atoms with E-state index in [-0.39, 0.29) is 0 Å². The van der Waals surface area contributed by atoms with Crippen LogP contribution in [-0.4, -0.2) is 18.4 Å². The van der Waals surface area contributed by atoms with E-state index < -0.39 is 11.8 Å². The predicted molar refractivity (Wildman–Crippen MR) is 91.5 cm³/mol. The minimum Gasteiger partial charge on any atom is -0.348 e. The molecule has 122 valence electrons. The first-order valence-electron chi connectivity index (χ1n) is 7.58. The second-order valence-electron chi connectivity index (χ2n) is 5.14. The summed E-state index contributed by atoms with van der Waals surface area (Å²) in [7, 11) is 0. The van der Waals surface area contributed by atoms with Crippen molar-refractivity contribution in [2.75, 3.05) is 11.9 Å². The number of hydrogen-bond acceptors (Lipinski definition) is 2. The van der Waals surface area contributed by atoms with Crippen LogP contribution in [0.1, 0.15) is 45.4 Å². The van der Waals surface area contributed by atoms with Crippen LogP contribution < -0.4 is 10.6 Å². The molecule has 0 unspecified atom stereocenters. The Kier molecular flexibility index (Phi) is 8.94. The molecule has 1 aromatic carbocycles. The molecule has 4 nitrogen and oxygen atoms in total. The number of anilines is 1. The summed E-state index contributed by atoms with van der Waals surface area (Å²) >= 11 is 11.7. The number of halogens is 2. The van der Waals surface area contributed by atoms with Crippen molar-refractivity contribution in [3.05, 3.63) is 28.2 Å². The van der Waals surface area contributed by atoms with Gasteiger partial charge in [0.25, 0.3) is 0 Å². The first-order valence-corrected chi connectivity index (χ1v) is 8.33. The molecule has 0 radical (unpaired) electrons. The zero-order valence-corrected chi connectivity index (χ0v) is 14.3. The van der Waals surface area contributed by atoms with Gasteiger partial charge in [-0.25, -0.2) is 0 Å². The lowest BCUT2D eigenvalue weighted by atomic mass is 10.1. The molecular formula is C16H22Cl2N2O2. The monoisotopic (exact) mass is 344 g/mol. The third kappa shape index (κ3) is 7.66. The summed E-state index contributed by atoms with van der Waals surface area (Å²) in [6.45, 7) is 2.68. The lowest BCUT2D eigenvalue weighted by Gasteiger charge is -2.07. The van der Waals surface area contributed by atoms with Gasteiger partial charge >= 0.3 is 11.8 Å². The van der Waals surface area contributed by atoms with Gasteiger partial charge in [-0.15, -0.1) is 0 Å². The van der Waals surface area contributed by atoms with E-state index in [1.807, 2.05) is 0 Å². The summed E-state index contributed by atoms with van der Waals surface area (Å²) < 4.78 is 0.